The molecule has 3 N–H and O–H groups in total. The minimum absolute atomic E-state index is 0.188. The average Bonchev–Trinajstić information content (AvgIpc) is 2.47. The minimum Gasteiger partial charge on any atom is -0.324 e. The van der Waals surface area contributed by atoms with Gasteiger partial charge in [-0.25, -0.2) is 13.1 Å². The van der Waals surface area contributed by atoms with Crippen LogP contribution in [0.5, 0.6) is 0 Å². The van der Waals surface area contributed by atoms with Crippen LogP contribution in [0.25, 0.3) is 0 Å². The van der Waals surface area contributed by atoms with Gasteiger partial charge in [-0.2, -0.15) is 5.26 Å². The highest BCUT2D eigenvalue weighted by atomic mass is 32.2. The predicted octanol–water partition coefficient (Wildman–Crippen LogP) is 1.64. The fourth-order valence-corrected chi connectivity index (χ4v) is 3.97. The third kappa shape index (κ3) is 4.53. The summed E-state index contributed by atoms with van der Waals surface area (Å²) in [6, 6.07) is 8.75. The standard InChI is InChI=1S/C15H21N3O2S/c16-10-13-6-2-3-7-14(13)11-21(19,20)18-12-15(17)8-4-1-5-9-15/h2-3,6-7,18H,1,4-5,8-9,11-12,17H2. The monoisotopic (exact) mass is 307 g/mol. The highest BCUT2D eigenvalue weighted by Crippen LogP contribution is 2.25. The first-order chi connectivity index (χ1) is 9.94. The summed E-state index contributed by atoms with van der Waals surface area (Å²) in [4.78, 5) is 0. The smallest absolute Gasteiger partial charge is 0.215 e. The third-order valence-electron chi connectivity index (χ3n) is 3.98. The lowest BCUT2D eigenvalue weighted by Crippen LogP contribution is -2.51. The van der Waals surface area contributed by atoms with Crippen LogP contribution in [0.15, 0.2) is 24.3 Å². The van der Waals surface area contributed by atoms with Crippen molar-refractivity contribution in [3.8, 4) is 6.07 Å². The van der Waals surface area contributed by atoms with Crippen molar-refractivity contribution in [3.05, 3.63) is 35.4 Å². The summed E-state index contributed by atoms with van der Waals surface area (Å²) in [5.41, 5.74) is 6.71. The highest BCUT2D eigenvalue weighted by molar-refractivity contribution is 7.88. The van der Waals surface area contributed by atoms with E-state index < -0.39 is 15.6 Å². The zero-order valence-electron chi connectivity index (χ0n) is 12.0. The topological polar surface area (TPSA) is 96.0 Å². The van der Waals surface area contributed by atoms with Crippen LogP contribution in [0.2, 0.25) is 0 Å². The Morgan fingerprint density at radius 1 is 1.24 bits per heavy atom. The van der Waals surface area contributed by atoms with Gasteiger partial charge in [0.25, 0.3) is 0 Å². The molecule has 6 heteroatoms. The number of nitriles is 1. The summed E-state index contributed by atoms with van der Waals surface area (Å²) in [5.74, 6) is -0.188. The molecule has 1 fully saturated rings. The molecule has 5 nitrogen and oxygen atoms in total. The molecule has 0 unspecified atom stereocenters. The molecule has 0 radical (unpaired) electrons. The minimum atomic E-state index is -3.49. The lowest BCUT2D eigenvalue weighted by Gasteiger charge is -2.33. The van der Waals surface area contributed by atoms with E-state index in [4.69, 9.17) is 11.0 Å². The maximum absolute atomic E-state index is 12.2. The Morgan fingerprint density at radius 2 is 1.90 bits per heavy atom. The number of sulfonamides is 1. The second kappa shape index (κ2) is 6.56. The molecule has 0 bridgehead atoms. The zero-order chi connectivity index (χ0) is 15.3. The molecule has 0 aliphatic heterocycles. The molecule has 0 atom stereocenters. The highest BCUT2D eigenvalue weighted by Gasteiger charge is 2.29. The van der Waals surface area contributed by atoms with Crippen LogP contribution >= 0.6 is 0 Å². The van der Waals surface area contributed by atoms with Gasteiger partial charge in [0.2, 0.25) is 10.0 Å². The molecular weight excluding hydrogens is 286 g/mol. The van der Waals surface area contributed by atoms with E-state index in [1.165, 1.54) is 6.42 Å². The van der Waals surface area contributed by atoms with Gasteiger partial charge in [-0.05, 0) is 24.5 Å². The number of nitrogens with one attached hydrogen (secondary N) is 1. The SMILES string of the molecule is N#Cc1ccccc1CS(=O)(=O)NCC1(N)CCCCC1. The van der Waals surface area contributed by atoms with Gasteiger partial charge in [-0.3, -0.25) is 0 Å². The molecule has 0 saturated heterocycles. The Bertz CT molecular complexity index is 629. The second-order valence-corrected chi connectivity index (χ2v) is 7.58. The Labute approximate surface area is 126 Å². The van der Waals surface area contributed by atoms with Gasteiger partial charge in [-0.1, -0.05) is 37.5 Å². The van der Waals surface area contributed by atoms with Gasteiger partial charge >= 0.3 is 0 Å². The summed E-state index contributed by atoms with van der Waals surface area (Å²) >= 11 is 0. The first-order valence-electron chi connectivity index (χ1n) is 7.18. The van der Waals surface area contributed by atoms with Crippen molar-refractivity contribution < 1.29 is 8.42 Å². The van der Waals surface area contributed by atoms with E-state index in [0.29, 0.717) is 11.1 Å². The number of hydrogen-bond donors (Lipinski definition) is 2. The quantitative estimate of drug-likeness (QED) is 0.864. The first-order valence-corrected chi connectivity index (χ1v) is 8.84. The lowest BCUT2D eigenvalue weighted by atomic mass is 9.83. The molecular formula is C15H21N3O2S. The molecule has 0 heterocycles. The fraction of sp³-hybridized carbons (Fsp3) is 0.533. The molecule has 1 aliphatic carbocycles. The van der Waals surface area contributed by atoms with Crippen molar-refractivity contribution >= 4 is 10.0 Å². The van der Waals surface area contributed by atoms with Crippen LogP contribution in [0.3, 0.4) is 0 Å². The van der Waals surface area contributed by atoms with Crippen molar-refractivity contribution in [2.75, 3.05) is 6.54 Å². The maximum Gasteiger partial charge on any atom is 0.215 e. The third-order valence-corrected chi connectivity index (χ3v) is 5.25. The number of benzene rings is 1. The van der Waals surface area contributed by atoms with Crippen LogP contribution in [0, 0.1) is 11.3 Å². The second-order valence-electron chi connectivity index (χ2n) is 5.77. The van der Waals surface area contributed by atoms with E-state index in [-0.39, 0.29) is 12.3 Å². The molecule has 0 aromatic heterocycles. The summed E-state index contributed by atoms with van der Waals surface area (Å²) in [5, 5.41) is 9.00. The van der Waals surface area contributed by atoms with Crippen LogP contribution in [-0.4, -0.2) is 20.5 Å². The van der Waals surface area contributed by atoms with Crippen LogP contribution in [-0.2, 0) is 15.8 Å². The normalized spacial score (nSPS) is 18.1. The van der Waals surface area contributed by atoms with Crippen molar-refractivity contribution in [1.82, 2.24) is 4.72 Å². The van der Waals surface area contributed by atoms with E-state index >= 15 is 0 Å². The van der Waals surface area contributed by atoms with Gasteiger partial charge in [0.15, 0.2) is 0 Å². The molecule has 114 valence electrons. The molecule has 1 aliphatic rings. The average molecular weight is 307 g/mol. The van der Waals surface area contributed by atoms with Crippen molar-refractivity contribution in [3.63, 3.8) is 0 Å². The van der Waals surface area contributed by atoms with Crippen molar-refractivity contribution in [2.45, 2.75) is 43.4 Å². The maximum atomic E-state index is 12.2. The van der Waals surface area contributed by atoms with E-state index in [0.717, 1.165) is 25.7 Å². The Balaban J connectivity index is 2.01. The molecule has 21 heavy (non-hydrogen) atoms. The Kier molecular flexibility index (Phi) is 4.99. The van der Waals surface area contributed by atoms with Gasteiger partial charge < -0.3 is 5.73 Å². The van der Waals surface area contributed by atoms with Crippen LogP contribution < -0.4 is 10.5 Å². The molecule has 0 amide bonds. The van der Waals surface area contributed by atoms with Gasteiger partial charge in [0.1, 0.15) is 0 Å². The number of rotatable bonds is 5. The lowest BCUT2D eigenvalue weighted by molar-refractivity contribution is 0.296. The first kappa shape index (κ1) is 16.0. The van der Waals surface area contributed by atoms with Gasteiger partial charge in [0.05, 0.1) is 17.4 Å². The largest absolute Gasteiger partial charge is 0.324 e. The van der Waals surface area contributed by atoms with E-state index in [2.05, 4.69) is 4.72 Å². The molecule has 0 spiro atoms. The van der Waals surface area contributed by atoms with Crippen LogP contribution in [0.4, 0.5) is 0 Å². The van der Waals surface area contributed by atoms with Crippen LogP contribution in [0.1, 0.15) is 43.2 Å². The summed E-state index contributed by atoms with van der Waals surface area (Å²) in [7, 11) is -3.49. The fourth-order valence-electron chi connectivity index (χ4n) is 2.70. The summed E-state index contributed by atoms with van der Waals surface area (Å²) < 4.78 is 27.0. The predicted molar refractivity (Wildman–Crippen MR) is 81.8 cm³/mol. The molecule has 1 aromatic carbocycles. The molecule has 1 aromatic rings. The van der Waals surface area contributed by atoms with Crippen molar-refractivity contribution in [1.29, 1.82) is 5.26 Å². The number of nitrogens with zero attached hydrogens (tertiary/aromatic N) is 1. The van der Waals surface area contributed by atoms with E-state index in [9.17, 15) is 8.42 Å². The summed E-state index contributed by atoms with van der Waals surface area (Å²) in [6.07, 6.45) is 4.97. The summed E-state index contributed by atoms with van der Waals surface area (Å²) in [6.45, 7) is 0.268. The molecule has 1 saturated carbocycles. The van der Waals surface area contributed by atoms with E-state index in [1.54, 1.807) is 24.3 Å². The number of hydrogen-bond acceptors (Lipinski definition) is 4. The van der Waals surface area contributed by atoms with Gasteiger partial charge in [0, 0.05) is 12.1 Å². The number of nitrogens with two attached hydrogens (primary N) is 1. The Hall–Kier alpha value is -1.42. The zero-order valence-corrected chi connectivity index (χ0v) is 12.8. The Morgan fingerprint density at radius 3 is 2.57 bits per heavy atom. The van der Waals surface area contributed by atoms with Crippen molar-refractivity contribution in [2.24, 2.45) is 5.73 Å². The van der Waals surface area contributed by atoms with Gasteiger partial charge in [-0.15, -0.1) is 0 Å². The van der Waals surface area contributed by atoms with E-state index in [1.807, 2.05) is 6.07 Å². The molecule has 2 rings (SSSR count).